The summed E-state index contributed by atoms with van der Waals surface area (Å²) >= 11 is 0. The zero-order valence-corrected chi connectivity index (χ0v) is 19.8. The lowest BCUT2D eigenvalue weighted by Crippen LogP contribution is -2.41. The van der Waals surface area contributed by atoms with E-state index in [4.69, 9.17) is 0 Å². The van der Waals surface area contributed by atoms with Crippen molar-refractivity contribution in [3.05, 3.63) is 102 Å². The highest BCUT2D eigenvalue weighted by molar-refractivity contribution is 5.94. The van der Waals surface area contributed by atoms with Gasteiger partial charge < -0.3 is 5.32 Å². The summed E-state index contributed by atoms with van der Waals surface area (Å²) in [5, 5.41) is 4.56. The molecular formula is C31H32N2O. The van der Waals surface area contributed by atoms with Gasteiger partial charge in [-0.15, -0.1) is 0 Å². The van der Waals surface area contributed by atoms with Crippen molar-refractivity contribution in [2.45, 2.75) is 51.0 Å². The second-order valence-electron chi connectivity index (χ2n) is 9.50. The van der Waals surface area contributed by atoms with Crippen molar-refractivity contribution in [3.8, 4) is 11.1 Å². The summed E-state index contributed by atoms with van der Waals surface area (Å²) < 4.78 is 0. The number of aromatic nitrogens is 1. The van der Waals surface area contributed by atoms with Gasteiger partial charge in [-0.05, 0) is 84.9 Å². The number of hydrogen-bond acceptors (Lipinski definition) is 2. The number of hydrogen-bond donors (Lipinski definition) is 1. The van der Waals surface area contributed by atoms with Crippen molar-refractivity contribution in [1.29, 1.82) is 0 Å². The molecule has 1 N–H and O–H groups in total. The molecule has 1 atom stereocenters. The molecule has 4 aromatic rings. The predicted molar refractivity (Wildman–Crippen MR) is 140 cm³/mol. The molecule has 1 saturated carbocycles. The van der Waals surface area contributed by atoms with Gasteiger partial charge in [0.05, 0.1) is 5.52 Å². The Labute approximate surface area is 202 Å². The summed E-state index contributed by atoms with van der Waals surface area (Å²) in [4.78, 5) is 17.7. The number of carbonyl (C=O) groups is 1. The first-order valence-corrected chi connectivity index (χ1v) is 12.5. The van der Waals surface area contributed by atoms with Crippen LogP contribution in [0.3, 0.4) is 0 Å². The molecule has 1 aliphatic rings. The second-order valence-corrected chi connectivity index (χ2v) is 9.50. The van der Waals surface area contributed by atoms with Crippen LogP contribution in [0.5, 0.6) is 0 Å². The molecule has 1 aliphatic carbocycles. The summed E-state index contributed by atoms with van der Waals surface area (Å²) in [5.74, 6) is 1.13. The first-order chi connectivity index (χ1) is 16.7. The molecule has 1 heterocycles. The maximum Gasteiger partial charge on any atom is 0.251 e. The molecule has 0 spiro atoms. The monoisotopic (exact) mass is 448 g/mol. The fourth-order valence-corrected chi connectivity index (χ4v) is 5.42. The lowest BCUT2D eigenvalue weighted by atomic mass is 9.75. The highest BCUT2D eigenvalue weighted by Crippen LogP contribution is 2.38. The zero-order valence-electron chi connectivity index (χ0n) is 19.8. The number of benzene rings is 3. The van der Waals surface area contributed by atoms with Gasteiger partial charge in [0.25, 0.3) is 5.91 Å². The van der Waals surface area contributed by atoms with Gasteiger partial charge in [-0.1, -0.05) is 67.6 Å². The summed E-state index contributed by atoms with van der Waals surface area (Å²) in [7, 11) is 0. The number of para-hydroxylation sites is 1. The molecule has 3 nitrogen and oxygen atoms in total. The number of nitrogens with zero attached hydrogens (tertiary/aromatic N) is 1. The molecule has 5 rings (SSSR count). The molecule has 1 fully saturated rings. The smallest absolute Gasteiger partial charge is 0.251 e. The van der Waals surface area contributed by atoms with E-state index in [-0.39, 0.29) is 11.9 Å². The Morgan fingerprint density at radius 2 is 1.56 bits per heavy atom. The molecule has 3 aromatic carbocycles. The quantitative estimate of drug-likeness (QED) is 0.334. The summed E-state index contributed by atoms with van der Waals surface area (Å²) in [5.41, 5.74) is 5.44. The Morgan fingerprint density at radius 1 is 0.882 bits per heavy atom. The Hall–Kier alpha value is -3.46. The maximum atomic E-state index is 13.0. The zero-order chi connectivity index (χ0) is 23.3. The Kier molecular flexibility index (Phi) is 6.71. The molecule has 172 valence electrons. The molecule has 1 aromatic heterocycles. The van der Waals surface area contributed by atoms with E-state index in [0.717, 1.165) is 48.7 Å². The number of rotatable bonds is 6. The number of carbonyl (C=O) groups excluding carboxylic acids is 1. The molecule has 34 heavy (non-hydrogen) atoms. The SMILES string of the molecule is CC[C@H](NC(=O)c1ccc(-c2ccccc2)cc1)C1CCC(c2cnc3ccccc3c2)CC1. The van der Waals surface area contributed by atoms with Crippen molar-refractivity contribution < 1.29 is 4.79 Å². The number of fused-ring (bicyclic) bond motifs is 1. The van der Waals surface area contributed by atoms with Crippen molar-refractivity contribution >= 4 is 16.8 Å². The molecule has 1 amide bonds. The third-order valence-electron chi connectivity index (χ3n) is 7.43. The number of pyridine rings is 1. The Bertz CT molecular complexity index is 1240. The minimum atomic E-state index is 0.0346. The van der Waals surface area contributed by atoms with Crippen LogP contribution in [-0.2, 0) is 0 Å². The highest BCUT2D eigenvalue weighted by atomic mass is 16.1. The van der Waals surface area contributed by atoms with Crippen LogP contribution in [0.4, 0.5) is 0 Å². The van der Waals surface area contributed by atoms with Gasteiger partial charge >= 0.3 is 0 Å². The van der Waals surface area contributed by atoms with E-state index in [2.05, 4.69) is 59.8 Å². The van der Waals surface area contributed by atoms with E-state index in [1.54, 1.807) is 0 Å². The van der Waals surface area contributed by atoms with Gasteiger partial charge in [0.2, 0.25) is 0 Å². The van der Waals surface area contributed by atoms with Crippen molar-refractivity contribution in [2.75, 3.05) is 0 Å². The van der Waals surface area contributed by atoms with Gasteiger partial charge in [0.1, 0.15) is 0 Å². The molecule has 0 bridgehead atoms. The van der Waals surface area contributed by atoms with Gasteiger partial charge in [-0.2, -0.15) is 0 Å². The Morgan fingerprint density at radius 3 is 2.29 bits per heavy atom. The largest absolute Gasteiger partial charge is 0.349 e. The average Bonchev–Trinajstić information content (AvgIpc) is 2.92. The van der Waals surface area contributed by atoms with Gasteiger partial charge in [0.15, 0.2) is 0 Å². The maximum absolute atomic E-state index is 13.0. The van der Waals surface area contributed by atoms with Gasteiger partial charge in [0, 0.05) is 23.2 Å². The summed E-state index contributed by atoms with van der Waals surface area (Å²) in [6.45, 7) is 2.18. The van der Waals surface area contributed by atoms with Crippen molar-refractivity contribution in [2.24, 2.45) is 5.92 Å². The fourth-order valence-electron chi connectivity index (χ4n) is 5.42. The summed E-state index contributed by atoms with van der Waals surface area (Å²) in [6.07, 6.45) is 7.62. The predicted octanol–water partition coefficient (Wildman–Crippen LogP) is 7.38. The van der Waals surface area contributed by atoms with Crippen LogP contribution < -0.4 is 5.32 Å². The minimum Gasteiger partial charge on any atom is -0.349 e. The van der Waals surface area contributed by atoms with Crippen LogP contribution in [0.25, 0.3) is 22.0 Å². The van der Waals surface area contributed by atoms with E-state index in [1.165, 1.54) is 16.5 Å². The molecular weight excluding hydrogens is 416 g/mol. The topological polar surface area (TPSA) is 42.0 Å². The third kappa shape index (κ3) is 4.89. The molecule has 0 unspecified atom stereocenters. The second kappa shape index (κ2) is 10.2. The van der Waals surface area contributed by atoms with E-state index >= 15 is 0 Å². The fraction of sp³-hybridized carbons (Fsp3) is 0.290. The molecule has 0 saturated heterocycles. The molecule has 0 radical (unpaired) electrons. The van der Waals surface area contributed by atoms with E-state index in [9.17, 15) is 4.79 Å². The third-order valence-corrected chi connectivity index (χ3v) is 7.43. The minimum absolute atomic E-state index is 0.0346. The summed E-state index contributed by atoms with van der Waals surface area (Å²) in [6, 6.07) is 29.1. The van der Waals surface area contributed by atoms with Crippen molar-refractivity contribution in [3.63, 3.8) is 0 Å². The van der Waals surface area contributed by atoms with Crippen LogP contribution in [-0.4, -0.2) is 16.9 Å². The van der Waals surface area contributed by atoms with Crippen LogP contribution in [0.1, 0.15) is 60.9 Å². The molecule has 0 aliphatic heterocycles. The van der Waals surface area contributed by atoms with Gasteiger partial charge in [-0.25, -0.2) is 0 Å². The van der Waals surface area contributed by atoms with Crippen LogP contribution >= 0.6 is 0 Å². The highest BCUT2D eigenvalue weighted by Gasteiger charge is 2.28. The van der Waals surface area contributed by atoms with Crippen LogP contribution in [0, 0.1) is 5.92 Å². The van der Waals surface area contributed by atoms with Crippen LogP contribution in [0.2, 0.25) is 0 Å². The first-order valence-electron chi connectivity index (χ1n) is 12.5. The lowest BCUT2D eigenvalue weighted by Gasteiger charge is -2.34. The standard InChI is InChI=1S/C31H32N2O/c1-2-29(33-31(34)26-18-14-23(15-19-26)22-8-4-3-5-9-22)25-16-12-24(13-17-25)28-20-27-10-6-7-11-30(27)32-21-28/h3-11,14-15,18-21,24-25,29H,2,12-13,16-17H2,1H3,(H,33,34)/t24?,25?,29-/m0/s1. The van der Waals surface area contributed by atoms with E-state index in [1.807, 2.05) is 48.5 Å². The average molecular weight is 449 g/mol. The first kappa shape index (κ1) is 22.3. The van der Waals surface area contributed by atoms with Crippen molar-refractivity contribution in [1.82, 2.24) is 10.3 Å². The number of nitrogens with one attached hydrogen (secondary N) is 1. The normalized spacial score (nSPS) is 19.0. The van der Waals surface area contributed by atoms with Gasteiger partial charge in [-0.3, -0.25) is 9.78 Å². The number of amides is 1. The lowest BCUT2D eigenvalue weighted by molar-refractivity contribution is 0.0909. The Balaban J connectivity index is 1.19. The van der Waals surface area contributed by atoms with Crippen LogP contribution in [0.15, 0.2) is 91.1 Å². The molecule has 3 heteroatoms. The van der Waals surface area contributed by atoms with E-state index < -0.39 is 0 Å². The van der Waals surface area contributed by atoms with E-state index in [0.29, 0.717) is 11.8 Å².